The van der Waals surface area contributed by atoms with Gasteiger partial charge in [0.25, 0.3) is 0 Å². The first-order valence-corrected chi connectivity index (χ1v) is 5.08. The molecule has 2 nitrogen and oxygen atoms in total. The number of nitrogens with zero attached hydrogens (tertiary/aromatic N) is 1. The van der Waals surface area contributed by atoms with Crippen molar-refractivity contribution in [3.8, 4) is 0 Å². The maximum Gasteiger partial charge on any atom is 0.120 e. The van der Waals surface area contributed by atoms with E-state index in [1.165, 1.54) is 16.8 Å². The summed E-state index contributed by atoms with van der Waals surface area (Å²) in [6.45, 7) is 1.12. The predicted molar refractivity (Wildman–Crippen MR) is 57.8 cm³/mol. The smallest absolute Gasteiger partial charge is 0.120 e. The molecule has 2 rings (SSSR count). The molecule has 1 aromatic rings. The summed E-state index contributed by atoms with van der Waals surface area (Å²) >= 11 is 0. The molecule has 0 N–H and O–H groups in total. The third-order valence-electron chi connectivity index (χ3n) is 2.82. The Kier molecular flexibility index (Phi) is 2.53. The maximum absolute atomic E-state index is 10.3. The minimum atomic E-state index is 0.634. The molecule has 0 fully saturated rings. The Morgan fingerprint density at radius 3 is 3.14 bits per heavy atom. The third-order valence-corrected chi connectivity index (χ3v) is 2.82. The molecular formula is C12H15NO. The van der Waals surface area contributed by atoms with Crippen LogP contribution >= 0.6 is 0 Å². The van der Waals surface area contributed by atoms with E-state index >= 15 is 0 Å². The lowest BCUT2D eigenvalue weighted by Crippen LogP contribution is -2.12. The molecule has 0 amide bonds. The summed E-state index contributed by atoms with van der Waals surface area (Å²) in [7, 11) is 2.12. The van der Waals surface area contributed by atoms with Gasteiger partial charge in [-0.25, -0.2) is 0 Å². The predicted octanol–water partition coefficient (Wildman–Crippen LogP) is 1.81. The molecular weight excluding hydrogens is 174 g/mol. The highest BCUT2D eigenvalue weighted by molar-refractivity contribution is 5.59. The molecule has 0 bridgehead atoms. The van der Waals surface area contributed by atoms with Crippen molar-refractivity contribution in [3.63, 3.8) is 0 Å². The Balaban J connectivity index is 2.19. The molecule has 0 aromatic heterocycles. The number of hydrogen-bond acceptors (Lipinski definition) is 2. The van der Waals surface area contributed by atoms with Gasteiger partial charge in [0.05, 0.1) is 0 Å². The number of rotatable bonds is 3. The van der Waals surface area contributed by atoms with Gasteiger partial charge in [0.1, 0.15) is 6.29 Å². The van der Waals surface area contributed by atoms with Crippen molar-refractivity contribution in [1.82, 2.24) is 0 Å². The zero-order chi connectivity index (χ0) is 9.97. The highest BCUT2D eigenvalue weighted by atomic mass is 16.1. The largest absolute Gasteiger partial charge is 0.374 e. The molecule has 0 atom stereocenters. The van der Waals surface area contributed by atoms with E-state index < -0.39 is 0 Å². The highest BCUT2D eigenvalue weighted by Crippen LogP contribution is 2.27. The van der Waals surface area contributed by atoms with Gasteiger partial charge in [-0.15, -0.1) is 0 Å². The van der Waals surface area contributed by atoms with E-state index in [9.17, 15) is 4.79 Å². The number of anilines is 1. The van der Waals surface area contributed by atoms with E-state index in [-0.39, 0.29) is 0 Å². The average molecular weight is 189 g/mol. The van der Waals surface area contributed by atoms with Gasteiger partial charge < -0.3 is 9.69 Å². The molecule has 0 spiro atoms. The maximum atomic E-state index is 10.3. The van der Waals surface area contributed by atoms with Crippen LogP contribution < -0.4 is 4.90 Å². The topological polar surface area (TPSA) is 20.3 Å². The van der Waals surface area contributed by atoms with Crippen LogP contribution in [0.5, 0.6) is 0 Å². The highest BCUT2D eigenvalue weighted by Gasteiger charge is 2.14. The zero-order valence-electron chi connectivity index (χ0n) is 8.49. The van der Waals surface area contributed by atoms with Crippen molar-refractivity contribution < 1.29 is 4.79 Å². The molecule has 0 saturated carbocycles. The van der Waals surface area contributed by atoms with Gasteiger partial charge in [-0.3, -0.25) is 0 Å². The molecule has 1 aromatic carbocycles. The lowest BCUT2D eigenvalue weighted by Gasteiger charge is -2.11. The van der Waals surface area contributed by atoms with Gasteiger partial charge >= 0.3 is 0 Å². The molecule has 0 unspecified atom stereocenters. The number of hydrogen-bond donors (Lipinski definition) is 0. The van der Waals surface area contributed by atoms with Crippen molar-refractivity contribution in [2.75, 3.05) is 18.5 Å². The first-order valence-electron chi connectivity index (χ1n) is 5.08. The van der Waals surface area contributed by atoms with Gasteiger partial charge in [0, 0.05) is 25.7 Å². The van der Waals surface area contributed by atoms with E-state index in [1.807, 2.05) is 0 Å². The summed E-state index contributed by atoms with van der Waals surface area (Å²) < 4.78 is 0. The van der Waals surface area contributed by atoms with Gasteiger partial charge in [0.15, 0.2) is 0 Å². The van der Waals surface area contributed by atoms with Crippen LogP contribution in [0.25, 0.3) is 0 Å². The van der Waals surface area contributed by atoms with Gasteiger partial charge in [-0.1, -0.05) is 12.1 Å². The van der Waals surface area contributed by atoms with Crippen LogP contribution in [0.3, 0.4) is 0 Å². The fourth-order valence-electron chi connectivity index (χ4n) is 2.00. The number of fused-ring (bicyclic) bond motifs is 1. The number of aryl methyl sites for hydroxylation is 1. The van der Waals surface area contributed by atoms with Crippen molar-refractivity contribution in [2.45, 2.75) is 19.3 Å². The van der Waals surface area contributed by atoms with Gasteiger partial charge in [0.2, 0.25) is 0 Å². The Hall–Kier alpha value is -1.31. The second-order valence-corrected chi connectivity index (χ2v) is 3.84. The number of likely N-dealkylation sites (N-methyl/N-ethyl adjacent to an activating group) is 1. The van der Waals surface area contributed by atoms with Gasteiger partial charge in [-0.05, 0) is 30.0 Å². The molecule has 0 radical (unpaired) electrons. The van der Waals surface area contributed by atoms with Crippen LogP contribution in [0, 0.1) is 0 Å². The fraction of sp³-hybridized carbons (Fsp3) is 0.417. The second kappa shape index (κ2) is 3.82. The summed E-state index contributed by atoms with van der Waals surface area (Å²) in [6, 6.07) is 6.54. The Bertz CT molecular complexity index is 346. The number of carbonyl (C=O) groups is 1. The van der Waals surface area contributed by atoms with E-state index in [0.29, 0.717) is 6.42 Å². The number of aldehydes is 1. The van der Waals surface area contributed by atoms with Crippen LogP contribution in [0.4, 0.5) is 5.69 Å². The lowest BCUT2D eigenvalue weighted by atomic mass is 10.1. The second-order valence-electron chi connectivity index (χ2n) is 3.84. The van der Waals surface area contributed by atoms with Gasteiger partial charge in [-0.2, -0.15) is 0 Å². The van der Waals surface area contributed by atoms with Crippen molar-refractivity contribution in [2.24, 2.45) is 0 Å². The third kappa shape index (κ3) is 1.65. The lowest BCUT2D eigenvalue weighted by molar-refractivity contribution is -0.107. The summed E-state index contributed by atoms with van der Waals surface area (Å²) in [4.78, 5) is 12.5. The first-order chi connectivity index (χ1) is 6.81. The Labute approximate surface area is 84.5 Å². The van der Waals surface area contributed by atoms with Crippen LogP contribution in [-0.2, 0) is 17.6 Å². The van der Waals surface area contributed by atoms with E-state index in [0.717, 1.165) is 25.7 Å². The summed E-state index contributed by atoms with van der Waals surface area (Å²) in [5.74, 6) is 0. The van der Waals surface area contributed by atoms with E-state index in [1.54, 1.807) is 0 Å². The van der Waals surface area contributed by atoms with Crippen molar-refractivity contribution in [3.05, 3.63) is 29.3 Å². The van der Waals surface area contributed by atoms with Crippen LogP contribution in [0.15, 0.2) is 18.2 Å². The summed E-state index contributed by atoms with van der Waals surface area (Å²) in [5, 5.41) is 0. The molecule has 1 aliphatic rings. The Morgan fingerprint density at radius 2 is 2.36 bits per heavy atom. The molecule has 1 aliphatic heterocycles. The van der Waals surface area contributed by atoms with Crippen LogP contribution in [-0.4, -0.2) is 19.9 Å². The number of carbonyl (C=O) groups excluding carboxylic acids is 1. The molecule has 14 heavy (non-hydrogen) atoms. The molecule has 74 valence electrons. The molecule has 1 heterocycles. The van der Waals surface area contributed by atoms with Crippen molar-refractivity contribution in [1.29, 1.82) is 0 Å². The van der Waals surface area contributed by atoms with E-state index in [4.69, 9.17) is 0 Å². The van der Waals surface area contributed by atoms with Crippen molar-refractivity contribution >= 4 is 12.0 Å². The SMILES string of the molecule is CN1CCc2cc(CCC=O)ccc21. The standard InChI is InChI=1S/C12H15NO/c1-13-7-6-11-9-10(3-2-8-14)4-5-12(11)13/h4-5,8-9H,2-3,6-7H2,1H3. The molecule has 0 aliphatic carbocycles. The van der Waals surface area contributed by atoms with Crippen LogP contribution in [0.1, 0.15) is 17.5 Å². The number of benzene rings is 1. The first kappa shape index (κ1) is 9.25. The van der Waals surface area contributed by atoms with E-state index in [2.05, 4.69) is 30.1 Å². The fourth-order valence-corrected chi connectivity index (χ4v) is 2.00. The van der Waals surface area contributed by atoms with Crippen LogP contribution in [0.2, 0.25) is 0 Å². The summed E-state index contributed by atoms with van der Waals surface area (Å²) in [5.41, 5.74) is 4.06. The molecule has 2 heteroatoms. The zero-order valence-corrected chi connectivity index (χ0v) is 8.49. The normalized spacial score (nSPS) is 14.2. The minimum Gasteiger partial charge on any atom is -0.374 e. The molecule has 0 saturated heterocycles. The quantitative estimate of drug-likeness (QED) is 0.676. The monoisotopic (exact) mass is 189 g/mol. The average Bonchev–Trinajstić information content (AvgIpc) is 2.57. The minimum absolute atomic E-state index is 0.634. The summed E-state index contributed by atoms with van der Waals surface area (Å²) in [6.07, 6.45) is 3.63. The Morgan fingerprint density at radius 1 is 1.50 bits per heavy atom.